The summed E-state index contributed by atoms with van der Waals surface area (Å²) in [5, 5.41) is 0.817. The number of halogens is 1. The van der Waals surface area contributed by atoms with E-state index in [0.29, 0.717) is 5.92 Å². The van der Waals surface area contributed by atoms with Crippen LogP contribution in [0.15, 0.2) is 18.2 Å². The summed E-state index contributed by atoms with van der Waals surface area (Å²) in [6.07, 6.45) is 2.55. The fourth-order valence-electron chi connectivity index (χ4n) is 1.14. The summed E-state index contributed by atoms with van der Waals surface area (Å²) in [6, 6.07) is 5.93. The third kappa shape index (κ3) is 2.26. The highest BCUT2D eigenvalue weighted by atomic mass is 35.5. The number of hydrogen-bond acceptors (Lipinski definition) is 0. The van der Waals surface area contributed by atoms with Crippen LogP contribution in [0.3, 0.4) is 0 Å². The molecular weight excluding hydrogens is 180 g/mol. The second kappa shape index (κ2) is 3.44. The maximum Gasteiger partial charge on any atom is 0.0436 e. The van der Waals surface area contributed by atoms with Crippen molar-refractivity contribution in [1.82, 2.24) is 0 Å². The minimum absolute atomic E-state index is 0.663. The predicted octanol–water partition coefficient (Wildman–Crippen LogP) is 3.41. The second-order valence-corrected chi connectivity index (χ2v) is 3.91. The van der Waals surface area contributed by atoms with Crippen molar-refractivity contribution in [3.05, 3.63) is 34.3 Å². The largest absolute Gasteiger partial charge is 0.0945 e. The molecule has 66 valence electrons. The molecule has 0 aromatic heterocycles. The third-order valence-corrected chi connectivity index (χ3v) is 2.58. The number of hydrogen-bond donors (Lipinski definition) is 0. The molecule has 1 aromatic rings. The molecule has 0 unspecified atom stereocenters. The van der Waals surface area contributed by atoms with Crippen LogP contribution in [0.4, 0.5) is 0 Å². The van der Waals surface area contributed by atoms with Crippen molar-refractivity contribution >= 4 is 11.6 Å². The second-order valence-electron chi connectivity index (χ2n) is 3.51. The minimum atomic E-state index is 0.663. The van der Waals surface area contributed by atoms with Crippen LogP contribution in [0.25, 0.3) is 0 Å². The molecule has 0 radical (unpaired) electrons. The van der Waals surface area contributed by atoms with E-state index >= 15 is 0 Å². The zero-order valence-electron chi connectivity index (χ0n) is 7.60. The average molecular weight is 191 g/mol. The minimum Gasteiger partial charge on any atom is -0.0945 e. The molecule has 1 fully saturated rings. The van der Waals surface area contributed by atoms with Gasteiger partial charge in [-0.15, -0.1) is 0 Å². The van der Waals surface area contributed by atoms with Crippen molar-refractivity contribution in [2.45, 2.75) is 19.8 Å². The normalized spacial score (nSPS) is 14.9. The molecule has 0 saturated heterocycles. The van der Waals surface area contributed by atoms with E-state index in [2.05, 4.69) is 11.8 Å². The van der Waals surface area contributed by atoms with Gasteiger partial charge in [0.05, 0.1) is 0 Å². The average Bonchev–Trinajstić information content (AvgIpc) is 2.91. The molecule has 1 aliphatic carbocycles. The van der Waals surface area contributed by atoms with E-state index < -0.39 is 0 Å². The quantitative estimate of drug-likeness (QED) is 0.550. The molecule has 0 atom stereocenters. The zero-order valence-corrected chi connectivity index (χ0v) is 8.36. The molecule has 0 nitrogen and oxygen atoms in total. The molecule has 0 heterocycles. The molecule has 0 N–H and O–H groups in total. The summed E-state index contributed by atoms with van der Waals surface area (Å²) in [5.41, 5.74) is 2.18. The van der Waals surface area contributed by atoms with Crippen LogP contribution in [0.1, 0.15) is 24.0 Å². The van der Waals surface area contributed by atoms with Crippen molar-refractivity contribution < 1.29 is 0 Å². The Bertz CT molecular complexity index is 378. The van der Waals surface area contributed by atoms with E-state index in [0.717, 1.165) is 16.1 Å². The van der Waals surface area contributed by atoms with Crippen LogP contribution >= 0.6 is 11.6 Å². The molecule has 0 amide bonds. The molecule has 0 bridgehead atoms. The summed E-state index contributed by atoms with van der Waals surface area (Å²) < 4.78 is 0. The molecule has 0 spiro atoms. The molecule has 1 aliphatic rings. The predicted molar refractivity (Wildman–Crippen MR) is 55.8 cm³/mol. The van der Waals surface area contributed by atoms with Crippen molar-refractivity contribution in [2.24, 2.45) is 5.92 Å². The Morgan fingerprint density at radius 3 is 2.77 bits per heavy atom. The van der Waals surface area contributed by atoms with Crippen LogP contribution in [0.5, 0.6) is 0 Å². The molecule has 13 heavy (non-hydrogen) atoms. The van der Waals surface area contributed by atoms with Gasteiger partial charge >= 0.3 is 0 Å². The molecule has 0 aliphatic heterocycles. The fourth-order valence-corrected chi connectivity index (χ4v) is 1.25. The number of aryl methyl sites for hydroxylation is 1. The highest BCUT2D eigenvalue weighted by Crippen LogP contribution is 2.27. The summed E-state index contributed by atoms with van der Waals surface area (Å²) in [5.74, 6) is 7.06. The van der Waals surface area contributed by atoms with Gasteiger partial charge in [-0.1, -0.05) is 23.4 Å². The third-order valence-electron chi connectivity index (χ3n) is 2.16. The van der Waals surface area contributed by atoms with Gasteiger partial charge in [0, 0.05) is 16.5 Å². The van der Waals surface area contributed by atoms with Crippen molar-refractivity contribution in [1.29, 1.82) is 0 Å². The summed E-state index contributed by atoms with van der Waals surface area (Å²) in [4.78, 5) is 0. The van der Waals surface area contributed by atoms with E-state index in [9.17, 15) is 0 Å². The van der Waals surface area contributed by atoms with Crippen LogP contribution < -0.4 is 0 Å². The summed E-state index contributed by atoms with van der Waals surface area (Å²) >= 11 is 5.91. The Morgan fingerprint density at radius 1 is 1.38 bits per heavy atom. The first-order valence-corrected chi connectivity index (χ1v) is 4.91. The van der Waals surface area contributed by atoms with Crippen LogP contribution in [0.2, 0.25) is 5.02 Å². The van der Waals surface area contributed by atoms with Crippen molar-refractivity contribution in [3.63, 3.8) is 0 Å². The van der Waals surface area contributed by atoms with Gasteiger partial charge in [0.25, 0.3) is 0 Å². The van der Waals surface area contributed by atoms with Gasteiger partial charge < -0.3 is 0 Å². The van der Waals surface area contributed by atoms with E-state index in [1.807, 2.05) is 25.1 Å². The van der Waals surface area contributed by atoms with Gasteiger partial charge in [0.2, 0.25) is 0 Å². The standard InChI is InChI=1S/C12H11Cl/c1-9-8-11(6-7-12(9)13)5-4-10-2-3-10/h6-8,10H,2-3H2,1H3. The SMILES string of the molecule is Cc1cc(C#CC2CC2)ccc1Cl. The first kappa shape index (κ1) is 8.66. The Labute approximate surface area is 83.9 Å². The maximum absolute atomic E-state index is 5.91. The van der Waals surface area contributed by atoms with Crippen LogP contribution in [0, 0.1) is 24.7 Å². The monoisotopic (exact) mass is 190 g/mol. The van der Waals surface area contributed by atoms with E-state index in [4.69, 9.17) is 11.6 Å². The van der Waals surface area contributed by atoms with Gasteiger partial charge in [0.1, 0.15) is 0 Å². The lowest BCUT2D eigenvalue weighted by Gasteiger charge is -1.96. The zero-order chi connectivity index (χ0) is 9.26. The maximum atomic E-state index is 5.91. The highest BCUT2D eigenvalue weighted by Gasteiger charge is 2.17. The van der Waals surface area contributed by atoms with Gasteiger partial charge in [-0.25, -0.2) is 0 Å². The summed E-state index contributed by atoms with van der Waals surface area (Å²) in [7, 11) is 0. The van der Waals surface area contributed by atoms with Crippen LogP contribution in [-0.4, -0.2) is 0 Å². The van der Waals surface area contributed by atoms with E-state index in [1.165, 1.54) is 12.8 Å². The number of benzene rings is 1. The molecule has 1 aromatic carbocycles. The molecule has 1 saturated carbocycles. The van der Waals surface area contributed by atoms with Crippen molar-refractivity contribution in [3.8, 4) is 11.8 Å². The Hall–Kier alpha value is -0.930. The van der Waals surface area contributed by atoms with Crippen LogP contribution in [-0.2, 0) is 0 Å². The topological polar surface area (TPSA) is 0 Å². The summed E-state index contributed by atoms with van der Waals surface area (Å²) in [6.45, 7) is 2.00. The number of rotatable bonds is 0. The molecule has 1 heteroatoms. The van der Waals surface area contributed by atoms with E-state index in [1.54, 1.807) is 0 Å². The lowest BCUT2D eigenvalue weighted by molar-refractivity contribution is 1.18. The van der Waals surface area contributed by atoms with Gasteiger partial charge in [0.15, 0.2) is 0 Å². The lowest BCUT2D eigenvalue weighted by atomic mass is 10.1. The first-order chi connectivity index (χ1) is 6.25. The van der Waals surface area contributed by atoms with E-state index in [-0.39, 0.29) is 0 Å². The Kier molecular flexibility index (Phi) is 2.29. The Balaban J connectivity index is 2.22. The Morgan fingerprint density at radius 2 is 2.15 bits per heavy atom. The fraction of sp³-hybridized carbons (Fsp3) is 0.333. The van der Waals surface area contributed by atoms with Crippen molar-refractivity contribution in [2.75, 3.05) is 0 Å². The highest BCUT2D eigenvalue weighted by molar-refractivity contribution is 6.31. The van der Waals surface area contributed by atoms with Gasteiger partial charge in [-0.05, 0) is 43.5 Å². The smallest absolute Gasteiger partial charge is 0.0436 e. The van der Waals surface area contributed by atoms with Gasteiger partial charge in [-0.3, -0.25) is 0 Å². The molecular formula is C12H11Cl. The first-order valence-electron chi connectivity index (χ1n) is 4.53. The molecule has 2 rings (SSSR count). The lowest BCUT2D eigenvalue weighted by Crippen LogP contribution is -1.79. The van der Waals surface area contributed by atoms with Gasteiger partial charge in [-0.2, -0.15) is 0 Å².